The smallest absolute Gasteiger partial charge is 0.330 e. The van der Waals surface area contributed by atoms with Crippen molar-refractivity contribution in [3.63, 3.8) is 0 Å². The number of aromatic nitrogens is 2. The first-order valence-electron chi connectivity index (χ1n) is 9.28. The molecule has 3 aromatic rings. The summed E-state index contributed by atoms with van der Waals surface area (Å²) in [7, 11) is 0. The number of esters is 1. The number of benzene rings is 2. The Bertz CT molecular complexity index is 1100. The van der Waals surface area contributed by atoms with Crippen molar-refractivity contribution in [3.8, 4) is 0 Å². The number of amides is 1. The lowest BCUT2D eigenvalue weighted by atomic mass is 10.2. The predicted octanol–water partition coefficient (Wildman–Crippen LogP) is 3.07. The van der Waals surface area contributed by atoms with Crippen LogP contribution in [-0.2, 0) is 20.7 Å². The largest absolute Gasteiger partial charge is 0.463 e. The van der Waals surface area contributed by atoms with Crippen LogP contribution in [0.25, 0.3) is 17.0 Å². The lowest BCUT2D eigenvalue weighted by Gasteiger charge is -2.06. The molecule has 0 bridgehead atoms. The minimum atomic E-state index is -0.398. The van der Waals surface area contributed by atoms with Crippen molar-refractivity contribution in [2.24, 2.45) is 0 Å². The van der Waals surface area contributed by atoms with E-state index in [-0.39, 0.29) is 17.9 Å². The molecule has 0 saturated heterocycles. The van der Waals surface area contributed by atoms with Crippen LogP contribution in [-0.4, -0.2) is 28.5 Å². The van der Waals surface area contributed by atoms with Gasteiger partial charge in [-0.3, -0.25) is 9.59 Å². The number of ether oxygens (including phenoxy) is 1. The number of nitrogens with zero attached hydrogens (tertiary/aromatic N) is 1. The maximum atomic E-state index is 12.2. The zero-order valence-corrected chi connectivity index (χ0v) is 16.0. The summed E-state index contributed by atoms with van der Waals surface area (Å²) in [6.07, 6.45) is 3.51. The van der Waals surface area contributed by atoms with Gasteiger partial charge < -0.3 is 15.0 Å². The van der Waals surface area contributed by atoms with Crippen LogP contribution < -0.4 is 10.9 Å². The van der Waals surface area contributed by atoms with E-state index in [9.17, 15) is 14.4 Å². The highest BCUT2D eigenvalue weighted by atomic mass is 16.5. The highest BCUT2D eigenvalue weighted by molar-refractivity contribution is 5.91. The normalized spacial score (nSPS) is 10.9. The fourth-order valence-corrected chi connectivity index (χ4v) is 2.74. The van der Waals surface area contributed by atoms with Crippen molar-refractivity contribution in [2.75, 3.05) is 11.9 Å². The Morgan fingerprint density at radius 2 is 1.90 bits per heavy atom. The van der Waals surface area contributed by atoms with Crippen molar-refractivity contribution in [2.45, 2.75) is 19.8 Å². The molecular weight excluding hydrogens is 370 g/mol. The van der Waals surface area contributed by atoms with Gasteiger partial charge in [-0.2, -0.15) is 0 Å². The molecule has 1 heterocycles. The lowest BCUT2D eigenvalue weighted by Crippen LogP contribution is -2.16. The van der Waals surface area contributed by atoms with Gasteiger partial charge in [0.15, 0.2) is 0 Å². The molecule has 0 radical (unpaired) electrons. The van der Waals surface area contributed by atoms with Gasteiger partial charge in [0, 0.05) is 24.6 Å². The van der Waals surface area contributed by atoms with Gasteiger partial charge in [-0.15, -0.1) is 0 Å². The average molecular weight is 391 g/mol. The number of fused-ring (bicyclic) bond motifs is 1. The van der Waals surface area contributed by atoms with E-state index in [0.29, 0.717) is 35.4 Å². The third-order valence-electron chi connectivity index (χ3n) is 4.14. The first-order valence-corrected chi connectivity index (χ1v) is 9.28. The number of hydrogen-bond acceptors (Lipinski definition) is 5. The molecule has 7 nitrogen and oxygen atoms in total. The molecule has 7 heteroatoms. The summed E-state index contributed by atoms with van der Waals surface area (Å²) in [5, 5.41) is 3.33. The van der Waals surface area contributed by atoms with E-state index < -0.39 is 5.97 Å². The average Bonchev–Trinajstić information content (AvgIpc) is 2.72. The van der Waals surface area contributed by atoms with E-state index in [1.54, 1.807) is 55.5 Å². The quantitative estimate of drug-likeness (QED) is 0.476. The van der Waals surface area contributed by atoms with Crippen molar-refractivity contribution >= 4 is 34.5 Å². The summed E-state index contributed by atoms with van der Waals surface area (Å²) in [6, 6.07) is 14.1. The summed E-state index contributed by atoms with van der Waals surface area (Å²) in [6.45, 7) is 2.08. The SMILES string of the molecule is CCOC(=O)/C=C/c1ccc(NC(=O)CCc2nc3ccccc3c(=O)[nH]2)cc1. The number of carbonyl (C=O) groups excluding carboxylic acids is 2. The maximum Gasteiger partial charge on any atom is 0.330 e. The Morgan fingerprint density at radius 1 is 1.14 bits per heavy atom. The van der Waals surface area contributed by atoms with Crippen molar-refractivity contribution in [1.82, 2.24) is 9.97 Å². The Balaban J connectivity index is 1.56. The number of para-hydroxylation sites is 1. The fourth-order valence-electron chi connectivity index (χ4n) is 2.74. The van der Waals surface area contributed by atoms with E-state index in [4.69, 9.17) is 4.74 Å². The second kappa shape index (κ2) is 9.45. The van der Waals surface area contributed by atoms with Gasteiger partial charge in [0.1, 0.15) is 5.82 Å². The Hall–Kier alpha value is -3.74. The zero-order chi connectivity index (χ0) is 20.6. The van der Waals surface area contributed by atoms with Gasteiger partial charge in [0.25, 0.3) is 5.56 Å². The first-order chi connectivity index (χ1) is 14.0. The highest BCUT2D eigenvalue weighted by Crippen LogP contribution is 2.12. The topological polar surface area (TPSA) is 101 Å². The van der Waals surface area contributed by atoms with Gasteiger partial charge >= 0.3 is 5.97 Å². The van der Waals surface area contributed by atoms with Crippen molar-refractivity contribution in [3.05, 3.63) is 76.3 Å². The van der Waals surface area contributed by atoms with E-state index >= 15 is 0 Å². The summed E-state index contributed by atoms with van der Waals surface area (Å²) in [5.41, 5.74) is 1.85. The minimum Gasteiger partial charge on any atom is -0.463 e. The predicted molar refractivity (Wildman–Crippen MR) is 111 cm³/mol. The third-order valence-corrected chi connectivity index (χ3v) is 4.14. The molecule has 0 saturated carbocycles. The second-order valence-corrected chi connectivity index (χ2v) is 6.29. The fraction of sp³-hybridized carbons (Fsp3) is 0.182. The van der Waals surface area contributed by atoms with E-state index in [1.807, 2.05) is 6.07 Å². The summed E-state index contributed by atoms with van der Waals surface area (Å²) in [4.78, 5) is 42.7. The molecule has 148 valence electrons. The standard InChI is InChI=1S/C22H21N3O4/c1-2-29-21(27)14-9-15-7-10-16(11-8-15)23-20(26)13-12-19-24-18-6-4-3-5-17(18)22(28)25-19/h3-11,14H,2,12-13H2,1H3,(H,23,26)(H,24,25,28)/b14-9+. The number of carbonyl (C=O) groups is 2. The highest BCUT2D eigenvalue weighted by Gasteiger charge is 2.07. The number of aryl methyl sites for hydroxylation is 1. The molecule has 0 aliphatic carbocycles. The number of aromatic amines is 1. The molecule has 0 atom stereocenters. The number of H-pyrrole nitrogens is 1. The molecular formula is C22H21N3O4. The molecule has 0 spiro atoms. The molecule has 2 aromatic carbocycles. The Kier molecular flexibility index (Phi) is 6.52. The first kappa shape index (κ1) is 20.0. The van der Waals surface area contributed by atoms with Crippen molar-refractivity contribution in [1.29, 1.82) is 0 Å². The van der Waals surface area contributed by atoms with Gasteiger partial charge in [-0.25, -0.2) is 9.78 Å². The molecule has 1 amide bonds. The number of rotatable bonds is 7. The molecule has 0 aliphatic heterocycles. The van der Waals surface area contributed by atoms with Crippen LogP contribution in [0, 0.1) is 0 Å². The van der Waals surface area contributed by atoms with E-state index in [0.717, 1.165) is 5.56 Å². The van der Waals surface area contributed by atoms with Crippen LogP contribution in [0.3, 0.4) is 0 Å². The molecule has 3 rings (SSSR count). The van der Waals surface area contributed by atoms with Crippen LogP contribution in [0.5, 0.6) is 0 Å². The number of anilines is 1. The van der Waals surface area contributed by atoms with Crippen LogP contribution in [0.1, 0.15) is 24.7 Å². The molecule has 2 N–H and O–H groups in total. The molecule has 0 aliphatic rings. The molecule has 0 fully saturated rings. The van der Waals surface area contributed by atoms with Crippen LogP contribution >= 0.6 is 0 Å². The number of nitrogens with one attached hydrogen (secondary N) is 2. The van der Waals surface area contributed by atoms with Crippen LogP contribution in [0.4, 0.5) is 5.69 Å². The van der Waals surface area contributed by atoms with Gasteiger partial charge in [0.05, 0.1) is 17.5 Å². The molecule has 1 aromatic heterocycles. The minimum absolute atomic E-state index is 0.185. The zero-order valence-electron chi connectivity index (χ0n) is 16.0. The lowest BCUT2D eigenvalue weighted by molar-refractivity contribution is -0.137. The monoisotopic (exact) mass is 391 g/mol. The maximum absolute atomic E-state index is 12.2. The van der Waals surface area contributed by atoms with Crippen LogP contribution in [0.15, 0.2) is 59.4 Å². The van der Waals surface area contributed by atoms with Crippen molar-refractivity contribution < 1.29 is 14.3 Å². The summed E-state index contributed by atoms with van der Waals surface area (Å²) < 4.78 is 4.82. The summed E-state index contributed by atoms with van der Waals surface area (Å²) >= 11 is 0. The Labute approximate surface area is 167 Å². The second-order valence-electron chi connectivity index (χ2n) is 6.29. The van der Waals surface area contributed by atoms with Gasteiger partial charge in [0.2, 0.25) is 5.91 Å². The van der Waals surface area contributed by atoms with E-state index in [2.05, 4.69) is 15.3 Å². The van der Waals surface area contributed by atoms with Crippen LogP contribution in [0.2, 0.25) is 0 Å². The van der Waals surface area contributed by atoms with Gasteiger partial charge in [-0.05, 0) is 42.8 Å². The number of hydrogen-bond donors (Lipinski definition) is 2. The summed E-state index contributed by atoms with van der Waals surface area (Å²) in [5.74, 6) is -0.107. The van der Waals surface area contributed by atoms with Gasteiger partial charge in [-0.1, -0.05) is 24.3 Å². The Morgan fingerprint density at radius 3 is 2.66 bits per heavy atom. The molecule has 0 unspecified atom stereocenters. The third kappa shape index (κ3) is 5.62. The molecule has 29 heavy (non-hydrogen) atoms. The van der Waals surface area contributed by atoms with E-state index in [1.165, 1.54) is 6.08 Å².